The first kappa shape index (κ1) is 14.7. The van der Waals surface area contributed by atoms with Crippen LogP contribution < -0.4 is 0 Å². The summed E-state index contributed by atoms with van der Waals surface area (Å²) in [5, 5.41) is 3.54. The summed E-state index contributed by atoms with van der Waals surface area (Å²) in [6, 6.07) is 5.99. The number of rotatable bonds is 3. The van der Waals surface area contributed by atoms with Crippen molar-refractivity contribution in [1.82, 2.24) is 0 Å². The highest BCUT2D eigenvalue weighted by Crippen LogP contribution is 2.17. The largest absolute Gasteiger partial charge is 0.358 e. The minimum absolute atomic E-state index is 0.00150. The number of allylic oxidation sites excluding steroid dienone is 4. The Morgan fingerprint density at radius 2 is 1.80 bits per heavy atom. The molecular weight excluding hydrogens is 346 g/mol. The molecule has 0 spiro atoms. The van der Waals surface area contributed by atoms with E-state index in [1.54, 1.807) is 19.1 Å². The molecule has 0 bridgehead atoms. The van der Waals surface area contributed by atoms with Crippen LogP contribution in [-0.2, 0) is 19.2 Å². The number of halogens is 1. The fourth-order valence-electron chi connectivity index (χ4n) is 1.43. The second kappa shape index (κ2) is 5.72. The van der Waals surface area contributed by atoms with E-state index in [0.29, 0.717) is 5.57 Å². The molecule has 7 heteroatoms. The maximum atomic E-state index is 11.9. The fourth-order valence-corrected chi connectivity index (χ4v) is 2.43. The minimum atomic E-state index is -3.96. The van der Waals surface area contributed by atoms with E-state index >= 15 is 0 Å². The SMILES string of the molecule is CC1=C/C(=N\OS(=O)(=O)c2ccc(Br)cc2)C=CC1=O. The van der Waals surface area contributed by atoms with Crippen molar-refractivity contribution in [2.24, 2.45) is 5.16 Å². The first-order valence-corrected chi connectivity index (χ1v) is 7.76. The highest BCUT2D eigenvalue weighted by atomic mass is 79.9. The highest BCUT2D eigenvalue weighted by Gasteiger charge is 2.16. The summed E-state index contributed by atoms with van der Waals surface area (Å²) in [5.74, 6) is -0.139. The van der Waals surface area contributed by atoms with Crippen molar-refractivity contribution in [3.05, 3.63) is 52.5 Å². The quantitative estimate of drug-likeness (QED) is 0.617. The van der Waals surface area contributed by atoms with Gasteiger partial charge in [-0.2, -0.15) is 8.42 Å². The van der Waals surface area contributed by atoms with Crippen molar-refractivity contribution < 1.29 is 17.5 Å². The molecule has 0 unspecified atom stereocenters. The van der Waals surface area contributed by atoms with Crippen molar-refractivity contribution in [3.8, 4) is 0 Å². The van der Waals surface area contributed by atoms with Crippen LogP contribution in [0.5, 0.6) is 0 Å². The van der Waals surface area contributed by atoms with Crippen LogP contribution >= 0.6 is 15.9 Å². The van der Waals surface area contributed by atoms with Gasteiger partial charge in [0.15, 0.2) is 5.78 Å². The molecule has 1 aliphatic rings. The highest BCUT2D eigenvalue weighted by molar-refractivity contribution is 9.10. The Morgan fingerprint density at radius 1 is 1.15 bits per heavy atom. The predicted molar refractivity (Wildman–Crippen MR) is 77.8 cm³/mol. The van der Waals surface area contributed by atoms with Crippen LogP contribution in [-0.4, -0.2) is 19.9 Å². The molecule has 0 heterocycles. The lowest BCUT2D eigenvalue weighted by molar-refractivity contribution is -0.111. The van der Waals surface area contributed by atoms with Gasteiger partial charge in [-0.25, -0.2) is 0 Å². The summed E-state index contributed by atoms with van der Waals surface area (Å²) < 4.78 is 29.1. The summed E-state index contributed by atoms with van der Waals surface area (Å²) >= 11 is 3.21. The van der Waals surface area contributed by atoms with Gasteiger partial charge < -0.3 is 0 Å². The third-order valence-corrected chi connectivity index (χ3v) is 4.15. The molecule has 104 valence electrons. The van der Waals surface area contributed by atoms with E-state index in [4.69, 9.17) is 0 Å². The second-order valence-electron chi connectivity index (χ2n) is 4.02. The molecule has 20 heavy (non-hydrogen) atoms. The Hall–Kier alpha value is -1.73. The third kappa shape index (κ3) is 3.43. The standard InChI is InChI=1S/C13H10BrNO4S/c1-9-8-11(4-7-13(9)16)15-19-20(17,18)12-5-2-10(14)3-6-12/h2-8H,1H3/b15-11-. The average Bonchev–Trinajstić information content (AvgIpc) is 2.41. The first-order chi connectivity index (χ1) is 9.38. The Balaban J connectivity index is 2.20. The Bertz CT molecular complexity index is 730. The molecule has 5 nitrogen and oxygen atoms in total. The predicted octanol–water partition coefficient (Wildman–Crippen LogP) is 2.60. The summed E-state index contributed by atoms with van der Waals surface area (Å²) in [6.45, 7) is 1.62. The summed E-state index contributed by atoms with van der Waals surface area (Å²) in [4.78, 5) is 11.2. The number of ketones is 1. The third-order valence-electron chi connectivity index (χ3n) is 2.50. The van der Waals surface area contributed by atoms with E-state index in [9.17, 15) is 13.2 Å². The lowest BCUT2D eigenvalue weighted by Gasteiger charge is -2.05. The van der Waals surface area contributed by atoms with Gasteiger partial charge in [0, 0.05) is 4.47 Å². The fraction of sp³-hybridized carbons (Fsp3) is 0.0769. The topological polar surface area (TPSA) is 72.8 Å². The normalized spacial score (nSPS) is 17.2. The average molecular weight is 356 g/mol. The van der Waals surface area contributed by atoms with Gasteiger partial charge in [-0.3, -0.25) is 9.08 Å². The number of oxime groups is 1. The van der Waals surface area contributed by atoms with E-state index in [1.165, 1.54) is 30.4 Å². The van der Waals surface area contributed by atoms with Gasteiger partial charge in [-0.1, -0.05) is 21.1 Å². The van der Waals surface area contributed by atoms with E-state index in [2.05, 4.69) is 25.4 Å². The number of hydrogen-bond donors (Lipinski definition) is 0. The molecule has 0 radical (unpaired) electrons. The number of hydrogen-bond acceptors (Lipinski definition) is 5. The van der Waals surface area contributed by atoms with E-state index in [0.717, 1.165) is 4.47 Å². The van der Waals surface area contributed by atoms with Crippen LogP contribution in [0.1, 0.15) is 6.92 Å². The van der Waals surface area contributed by atoms with Crippen molar-refractivity contribution in [2.75, 3.05) is 0 Å². The molecule has 0 atom stereocenters. The van der Waals surface area contributed by atoms with Crippen molar-refractivity contribution in [2.45, 2.75) is 11.8 Å². The molecule has 0 saturated carbocycles. The first-order valence-electron chi connectivity index (χ1n) is 5.56. The minimum Gasteiger partial charge on any atom is -0.290 e. The van der Waals surface area contributed by atoms with Gasteiger partial charge in [0.25, 0.3) is 0 Å². The molecule has 0 aromatic heterocycles. The number of carbonyl (C=O) groups is 1. The van der Waals surface area contributed by atoms with Crippen LogP contribution in [0.4, 0.5) is 0 Å². The molecule has 0 aliphatic heterocycles. The number of carbonyl (C=O) groups excluding carboxylic acids is 1. The molecule has 1 aromatic carbocycles. The molecule has 0 fully saturated rings. The molecular formula is C13H10BrNO4S. The van der Waals surface area contributed by atoms with Gasteiger partial charge in [-0.05, 0) is 55.0 Å². The van der Waals surface area contributed by atoms with E-state index in [1.807, 2.05) is 0 Å². The zero-order chi connectivity index (χ0) is 14.8. The van der Waals surface area contributed by atoms with Gasteiger partial charge in [0.05, 0.1) is 0 Å². The van der Waals surface area contributed by atoms with Crippen molar-refractivity contribution in [1.29, 1.82) is 0 Å². The molecule has 2 rings (SSSR count). The molecule has 1 aliphatic carbocycles. The van der Waals surface area contributed by atoms with E-state index in [-0.39, 0.29) is 16.4 Å². The molecule has 0 amide bonds. The Kier molecular flexibility index (Phi) is 4.20. The van der Waals surface area contributed by atoms with Gasteiger partial charge >= 0.3 is 10.1 Å². The van der Waals surface area contributed by atoms with Crippen LogP contribution in [0.2, 0.25) is 0 Å². The Labute approximate surface area is 124 Å². The summed E-state index contributed by atoms with van der Waals surface area (Å²) in [5.41, 5.74) is 0.735. The van der Waals surface area contributed by atoms with Crippen LogP contribution in [0, 0.1) is 0 Å². The maximum Gasteiger partial charge on any atom is 0.358 e. The van der Waals surface area contributed by atoms with Crippen LogP contribution in [0.3, 0.4) is 0 Å². The zero-order valence-corrected chi connectivity index (χ0v) is 12.8. The monoisotopic (exact) mass is 355 g/mol. The molecule has 0 saturated heterocycles. The lowest BCUT2D eigenvalue weighted by Crippen LogP contribution is -2.08. The number of benzene rings is 1. The Morgan fingerprint density at radius 3 is 2.40 bits per heavy atom. The maximum absolute atomic E-state index is 11.9. The number of nitrogens with zero attached hydrogens (tertiary/aromatic N) is 1. The van der Waals surface area contributed by atoms with Crippen molar-refractivity contribution in [3.63, 3.8) is 0 Å². The lowest BCUT2D eigenvalue weighted by atomic mass is 10.1. The van der Waals surface area contributed by atoms with Crippen molar-refractivity contribution >= 4 is 37.5 Å². The smallest absolute Gasteiger partial charge is 0.290 e. The van der Waals surface area contributed by atoms with Crippen LogP contribution in [0.25, 0.3) is 0 Å². The van der Waals surface area contributed by atoms with Crippen LogP contribution in [0.15, 0.2) is 62.6 Å². The zero-order valence-electron chi connectivity index (χ0n) is 10.4. The molecule has 1 aromatic rings. The second-order valence-corrected chi connectivity index (χ2v) is 6.47. The van der Waals surface area contributed by atoms with Gasteiger partial charge in [-0.15, -0.1) is 0 Å². The van der Waals surface area contributed by atoms with Gasteiger partial charge in [0.1, 0.15) is 10.6 Å². The molecule has 0 N–H and O–H groups in total. The van der Waals surface area contributed by atoms with Gasteiger partial charge in [0.2, 0.25) is 0 Å². The van der Waals surface area contributed by atoms with E-state index < -0.39 is 10.1 Å². The summed E-state index contributed by atoms with van der Waals surface area (Å²) in [7, 11) is -3.96. The summed E-state index contributed by atoms with van der Waals surface area (Å²) in [6.07, 6.45) is 4.16.